The molecule has 6 nitrogen and oxygen atoms in total. The van der Waals surface area contributed by atoms with Gasteiger partial charge in [-0.2, -0.15) is 0 Å². The van der Waals surface area contributed by atoms with Crippen LogP contribution in [0.2, 0.25) is 5.02 Å². The number of anilines is 1. The van der Waals surface area contributed by atoms with Gasteiger partial charge in [-0.15, -0.1) is 0 Å². The quantitative estimate of drug-likeness (QED) is 0.194. The Morgan fingerprint density at radius 2 is 1.98 bits per heavy atom. The number of nitrogens with one attached hydrogen (secondary N) is 1. The SMILES string of the molecule is COC(=O)C1(Nc2cccc(Cl)c2)CCC2(CC1)c1cc(C=O)ccc1C[C@@H]2C[C@@H](C)COc1ccnc2c1[C@H](C)CCC2. The molecule has 3 aromatic rings. The van der Waals surface area contributed by atoms with Crippen molar-refractivity contribution >= 4 is 29.5 Å². The third-order valence-electron chi connectivity index (χ3n) is 10.6. The number of aryl methyl sites for hydroxylation is 1. The number of benzene rings is 2. The Labute approximate surface area is 265 Å². The molecule has 3 aliphatic rings. The molecule has 0 unspecified atom stereocenters. The molecule has 1 spiro atoms. The number of hydrogen-bond donors (Lipinski definition) is 1. The molecule has 2 aromatic carbocycles. The highest BCUT2D eigenvalue weighted by Crippen LogP contribution is 2.56. The molecule has 1 saturated carbocycles. The topological polar surface area (TPSA) is 77.5 Å². The Morgan fingerprint density at radius 1 is 1.16 bits per heavy atom. The van der Waals surface area contributed by atoms with Crippen molar-refractivity contribution in [2.45, 2.75) is 88.5 Å². The maximum absolute atomic E-state index is 13.3. The lowest BCUT2D eigenvalue weighted by atomic mass is 9.59. The molecule has 1 fully saturated rings. The smallest absolute Gasteiger partial charge is 0.331 e. The van der Waals surface area contributed by atoms with Crippen LogP contribution < -0.4 is 10.1 Å². The molecule has 44 heavy (non-hydrogen) atoms. The van der Waals surface area contributed by atoms with Crippen molar-refractivity contribution in [1.29, 1.82) is 0 Å². The van der Waals surface area contributed by atoms with Crippen LogP contribution in [0.1, 0.15) is 97.5 Å². The van der Waals surface area contributed by atoms with Crippen molar-refractivity contribution in [2.24, 2.45) is 11.8 Å². The van der Waals surface area contributed by atoms with Crippen molar-refractivity contribution in [3.8, 4) is 5.75 Å². The third-order valence-corrected chi connectivity index (χ3v) is 10.9. The summed E-state index contributed by atoms with van der Waals surface area (Å²) in [6.45, 7) is 5.21. The average Bonchev–Trinajstić information content (AvgIpc) is 3.32. The van der Waals surface area contributed by atoms with Crippen LogP contribution in [-0.2, 0) is 27.8 Å². The van der Waals surface area contributed by atoms with E-state index in [4.69, 9.17) is 21.1 Å². The van der Waals surface area contributed by atoms with Gasteiger partial charge >= 0.3 is 5.97 Å². The molecule has 0 aliphatic heterocycles. The van der Waals surface area contributed by atoms with Gasteiger partial charge in [-0.1, -0.05) is 43.6 Å². The largest absolute Gasteiger partial charge is 0.493 e. The number of hydrogen-bond acceptors (Lipinski definition) is 6. The standard InChI is InChI=1S/C37H43ClN2O4/c1-24(23-44-33-12-17-39-32-9-4-6-25(2)34(32)33)18-28-20-27-11-10-26(22-41)19-31(27)36(28)13-15-37(16-14-36,35(42)43-3)40-30-8-5-7-29(38)21-30/h5,7-8,10-12,17,19,21-22,24-25,28,40H,4,6,9,13-16,18,20,23H2,1-3H3/t24-,25-,28+,36?,37?/m1/s1. The van der Waals surface area contributed by atoms with E-state index < -0.39 is 5.54 Å². The summed E-state index contributed by atoms with van der Waals surface area (Å²) in [5, 5.41) is 4.14. The number of pyridine rings is 1. The summed E-state index contributed by atoms with van der Waals surface area (Å²) in [4.78, 5) is 29.8. The molecule has 0 saturated heterocycles. The fraction of sp³-hybridized carbons (Fsp3) is 0.486. The first-order chi connectivity index (χ1) is 21.3. The number of aldehydes is 1. The minimum atomic E-state index is -0.841. The first-order valence-electron chi connectivity index (χ1n) is 16.1. The van der Waals surface area contributed by atoms with Gasteiger partial charge in [0.25, 0.3) is 0 Å². The van der Waals surface area contributed by atoms with Crippen LogP contribution in [0, 0.1) is 11.8 Å². The molecule has 7 heteroatoms. The second-order valence-corrected chi connectivity index (χ2v) is 13.9. The minimum absolute atomic E-state index is 0.125. The zero-order chi connectivity index (χ0) is 30.9. The maximum Gasteiger partial charge on any atom is 0.331 e. The predicted octanol–water partition coefficient (Wildman–Crippen LogP) is 8.10. The summed E-state index contributed by atoms with van der Waals surface area (Å²) in [5.41, 5.74) is 5.62. The summed E-state index contributed by atoms with van der Waals surface area (Å²) >= 11 is 6.28. The van der Waals surface area contributed by atoms with E-state index in [9.17, 15) is 9.59 Å². The summed E-state index contributed by atoms with van der Waals surface area (Å²) in [6, 6.07) is 15.7. The molecule has 0 bridgehead atoms. The molecule has 1 heterocycles. The number of nitrogens with zero attached hydrogens (tertiary/aromatic N) is 1. The highest BCUT2D eigenvalue weighted by atomic mass is 35.5. The van der Waals surface area contributed by atoms with Crippen molar-refractivity contribution in [3.63, 3.8) is 0 Å². The molecule has 1 aromatic heterocycles. The van der Waals surface area contributed by atoms with E-state index in [2.05, 4.69) is 36.3 Å². The molecular weight excluding hydrogens is 572 g/mol. The van der Waals surface area contributed by atoms with Gasteiger partial charge in [0.15, 0.2) is 0 Å². The van der Waals surface area contributed by atoms with Gasteiger partial charge in [0.1, 0.15) is 17.6 Å². The van der Waals surface area contributed by atoms with Gasteiger partial charge < -0.3 is 14.8 Å². The van der Waals surface area contributed by atoms with Crippen molar-refractivity contribution < 1.29 is 19.1 Å². The minimum Gasteiger partial charge on any atom is -0.493 e. The summed E-state index contributed by atoms with van der Waals surface area (Å²) in [6.07, 6.45) is 11.1. The summed E-state index contributed by atoms with van der Waals surface area (Å²) in [5.74, 6) is 1.92. The Bertz CT molecular complexity index is 1530. The van der Waals surface area contributed by atoms with Gasteiger partial charge in [0, 0.05) is 33.7 Å². The number of ether oxygens (including phenoxy) is 2. The van der Waals surface area contributed by atoms with Crippen molar-refractivity contribution in [2.75, 3.05) is 19.0 Å². The summed E-state index contributed by atoms with van der Waals surface area (Å²) in [7, 11) is 1.46. The van der Waals surface area contributed by atoms with E-state index in [1.54, 1.807) is 0 Å². The molecule has 0 radical (unpaired) electrons. The Morgan fingerprint density at radius 3 is 2.73 bits per heavy atom. The van der Waals surface area contributed by atoms with E-state index in [-0.39, 0.29) is 11.4 Å². The first-order valence-corrected chi connectivity index (χ1v) is 16.5. The number of aromatic nitrogens is 1. The van der Waals surface area contributed by atoms with Gasteiger partial charge in [-0.05, 0) is 122 Å². The number of carbonyl (C=O) groups excluding carboxylic acids is 2. The van der Waals surface area contributed by atoms with Crippen LogP contribution in [0.4, 0.5) is 5.69 Å². The number of esters is 1. The van der Waals surface area contributed by atoms with Crippen LogP contribution in [-0.4, -0.2) is 36.5 Å². The Hall–Kier alpha value is -3.38. The number of carbonyl (C=O) groups is 2. The highest BCUT2D eigenvalue weighted by molar-refractivity contribution is 6.30. The van der Waals surface area contributed by atoms with E-state index in [1.165, 1.54) is 42.3 Å². The second-order valence-electron chi connectivity index (χ2n) is 13.4. The highest BCUT2D eigenvalue weighted by Gasteiger charge is 2.54. The first kappa shape index (κ1) is 30.6. The van der Waals surface area contributed by atoms with E-state index >= 15 is 0 Å². The zero-order valence-corrected chi connectivity index (χ0v) is 26.8. The van der Waals surface area contributed by atoms with E-state index in [0.717, 1.165) is 49.8 Å². The van der Waals surface area contributed by atoms with E-state index in [1.807, 2.05) is 42.6 Å². The molecule has 0 amide bonds. The lowest BCUT2D eigenvalue weighted by molar-refractivity contribution is -0.148. The van der Waals surface area contributed by atoms with Gasteiger partial charge in [0.05, 0.1) is 13.7 Å². The molecule has 232 valence electrons. The van der Waals surface area contributed by atoms with Crippen molar-refractivity contribution in [1.82, 2.24) is 4.98 Å². The fourth-order valence-corrected chi connectivity index (χ4v) is 8.56. The van der Waals surface area contributed by atoms with Crippen LogP contribution >= 0.6 is 11.6 Å². The van der Waals surface area contributed by atoms with Gasteiger partial charge in [-0.3, -0.25) is 9.78 Å². The molecule has 3 aliphatic carbocycles. The van der Waals surface area contributed by atoms with Crippen LogP contribution in [0.3, 0.4) is 0 Å². The Balaban J connectivity index is 1.24. The molecule has 3 atom stereocenters. The predicted molar refractivity (Wildman–Crippen MR) is 174 cm³/mol. The lowest BCUT2D eigenvalue weighted by Gasteiger charge is -2.47. The Kier molecular flexibility index (Phi) is 8.74. The molecule has 6 rings (SSSR count). The monoisotopic (exact) mass is 614 g/mol. The van der Waals surface area contributed by atoms with Gasteiger partial charge in [0.2, 0.25) is 0 Å². The summed E-state index contributed by atoms with van der Waals surface area (Å²) < 4.78 is 11.9. The molecule has 1 N–H and O–H groups in total. The van der Waals surface area contributed by atoms with Crippen LogP contribution in [0.5, 0.6) is 5.75 Å². The van der Waals surface area contributed by atoms with Gasteiger partial charge in [-0.25, -0.2) is 4.79 Å². The number of methoxy groups -OCH3 is 1. The van der Waals surface area contributed by atoms with Crippen LogP contribution in [0.15, 0.2) is 54.7 Å². The number of halogens is 1. The molecular formula is C37H43ClN2O4. The maximum atomic E-state index is 13.3. The van der Waals surface area contributed by atoms with E-state index in [0.29, 0.717) is 47.8 Å². The third kappa shape index (κ3) is 5.74. The second kappa shape index (κ2) is 12.5. The fourth-order valence-electron chi connectivity index (χ4n) is 8.37. The normalized spacial score (nSPS) is 26.4. The van der Waals surface area contributed by atoms with Crippen LogP contribution in [0.25, 0.3) is 0 Å². The lowest BCUT2D eigenvalue weighted by Crippen LogP contribution is -2.53. The van der Waals surface area contributed by atoms with Crippen molar-refractivity contribution in [3.05, 3.63) is 87.7 Å². The average molecular weight is 615 g/mol. The zero-order valence-electron chi connectivity index (χ0n) is 26.0. The number of fused-ring (bicyclic) bond motifs is 3. The number of rotatable bonds is 9.